The van der Waals surface area contributed by atoms with E-state index in [1.54, 1.807) is 11.3 Å². The lowest BCUT2D eigenvalue weighted by molar-refractivity contribution is 0.469. The largest absolute Gasteiger partial charge is 0.356 e. The molecule has 0 saturated heterocycles. The smallest absolute Gasteiger partial charge is 0.193 e. The molecule has 1 N–H and O–H groups in total. The quantitative estimate of drug-likeness (QED) is 0.490. The molecule has 0 saturated carbocycles. The fourth-order valence-electron chi connectivity index (χ4n) is 1.76. The second-order valence-corrected chi connectivity index (χ2v) is 5.46. The van der Waals surface area contributed by atoms with Gasteiger partial charge in [0.2, 0.25) is 0 Å². The van der Waals surface area contributed by atoms with Gasteiger partial charge in [-0.2, -0.15) is 0 Å². The van der Waals surface area contributed by atoms with E-state index in [0.29, 0.717) is 0 Å². The van der Waals surface area contributed by atoms with Gasteiger partial charge in [-0.3, -0.25) is 4.99 Å². The topological polar surface area (TPSA) is 40.5 Å². The van der Waals surface area contributed by atoms with Crippen molar-refractivity contribution in [2.75, 3.05) is 20.6 Å². The van der Waals surface area contributed by atoms with Crippen molar-refractivity contribution in [3.8, 4) is 0 Å². The molecule has 18 heavy (non-hydrogen) atoms. The predicted octanol–water partition coefficient (Wildman–Crippen LogP) is 2.65. The van der Waals surface area contributed by atoms with E-state index in [1.807, 2.05) is 21.0 Å². The van der Waals surface area contributed by atoms with Crippen LogP contribution in [0.3, 0.4) is 0 Å². The zero-order valence-electron chi connectivity index (χ0n) is 11.9. The number of aromatic nitrogens is 1. The van der Waals surface area contributed by atoms with E-state index in [4.69, 9.17) is 0 Å². The summed E-state index contributed by atoms with van der Waals surface area (Å²) >= 11 is 1.69. The Morgan fingerprint density at radius 3 is 2.83 bits per heavy atom. The number of thiazole rings is 1. The number of unbranched alkanes of at least 4 members (excludes halogenated alkanes) is 2. The number of nitrogens with zero attached hydrogens (tertiary/aromatic N) is 3. The van der Waals surface area contributed by atoms with Gasteiger partial charge in [0, 0.05) is 26.0 Å². The first-order valence-electron chi connectivity index (χ1n) is 6.50. The van der Waals surface area contributed by atoms with Crippen LogP contribution in [0.2, 0.25) is 0 Å². The van der Waals surface area contributed by atoms with Crippen LogP contribution in [-0.2, 0) is 6.54 Å². The summed E-state index contributed by atoms with van der Waals surface area (Å²) in [5.74, 6) is 0.941. The number of guanidine groups is 1. The summed E-state index contributed by atoms with van der Waals surface area (Å²) in [7, 11) is 3.87. The molecule has 0 spiro atoms. The summed E-state index contributed by atoms with van der Waals surface area (Å²) in [4.78, 5) is 10.9. The van der Waals surface area contributed by atoms with Gasteiger partial charge < -0.3 is 10.2 Å². The lowest BCUT2D eigenvalue weighted by Gasteiger charge is -2.21. The van der Waals surface area contributed by atoms with Gasteiger partial charge in [-0.25, -0.2) is 4.98 Å². The molecular formula is C13H24N4S. The average Bonchev–Trinajstić information content (AvgIpc) is 2.75. The molecule has 102 valence electrons. The Kier molecular flexibility index (Phi) is 6.72. The van der Waals surface area contributed by atoms with Crippen molar-refractivity contribution in [1.82, 2.24) is 15.2 Å². The number of nitrogens with one attached hydrogen (secondary N) is 1. The maximum absolute atomic E-state index is 4.47. The standard InChI is InChI=1S/C13H24N4S/c1-5-6-7-8-15-13(14-3)17(4)9-12-10-18-11(2)16-12/h10H,5-9H2,1-4H3,(H,14,15). The highest BCUT2D eigenvalue weighted by molar-refractivity contribution is 7.09. The fourth-order valence-corrected chi connectivity index (χ4v) is 2.36. The van der Waals surface area contributed by atoms with Gasteiger partial charge in [-0.05, 0) is 13.3 Å². The molecule has 0 amide bonds. The minimum atomic E-state index is 0.803. The predicted molar refractivity (Wildman–Crippen MR) is 79.2 cm³/mol. The third-order valence-electron chi connectivity index (χ3n) is 2.70. The van der Waals surface area contributed by atoms with Gasteiger partial charge in [0.1, 0.15) is 0 Å². The Morgan fingerprint density at radius 2 is 2.28 bits per heavy atom. The number of aliphatic imine (C=N–C) groups is 1. The molecule has 1 aromatic heterocycles. The SMILES string of the molecule is CCCCCNC(=NC)N(C)Cc1csc(C)n1. The van der Waals surface area contributed by atoms with Crippen LogP contribution in [-0.4, -0.2) is 36.5 Å². The van der Waals surface area contributed by atoms with E-state index < -0.39 is 0 Å². The van der Waals surface area contributed by atoms with E-state index in [0.717, 1.165) is 29.8 Å². The minimum absolute atomic E-state index is 0.803. The average molecular weight is 268 g/mol. The maximum Gasteiger partial charge on any atom is 0.193 e. The van der Waals surface area contributed by atoms with Gasteiger partial charge in [-0.1, -0.05) is 19.8 Å². The van der Waals surface area contributed by atoms with Gasteiger partial charge in [0.15, 0.2) is 5.96 Å². The van der Waals surface area contributed by atoms with Crippen LogP contribution in [0.1, 0.15) is 36.9 Å². The molecule has 5 heteroatoms. The number of aryl methyl sites for hydroxylation is 1. The summed E-state index contributed by atoms with van der Waals surface area (Å²) < 4.78 is 0. The molecule has 0 radical (unpaired) electrons. The van der Waals surface area contributed by atoms with E-state index in [9.17, 15) is 0 Å². The molecule has 0 aliphatic carbocycles. The lowest BCUT2D eigenvalue weighted by Crippen LogP contribution is -2.38. The molecule has 4 nitrogen and oxygen atoms in total. The van der Waals surface area contributed by atoms with Gasteiger partial charge in [-0.15, -0.1) is 11.3 Å². The van der Waals surface area contributed by atoms with Crippen LogP contribution in [0.5, 0.6) is 0 Å². The first kappa shape index (κ1) is 15.0. The Labute approximate surface area is 114 Å². The Hall–Kier alpha value is -1.10. The monoisotopic (exact) mass is 268 g/mol. The first-order valence-corrected chi connectivity index (χ1v) is 7.38. The Morgan fingerprint density at radius 1 is 1.50 bits per heavy atom. The van der Waals surface area contributed by atoms with Crippen LogP contribution >= 0.6 is 11.3 Å². The van der Waals surface area contributed by atoms with Crippen LogP contribution in [0.4, 0.5) is 0 Å². The molecule has 0 atom stereocenters. The summed E-state index contributed by atoms with van der Waals surface area (Å²) in [5.41, 5.74) is 1.11. The highest BCUT2D eigenvalue weighted by Crippen LogP contribution is 2.09. The van der Waals surface area contributed by atoms with E-state index in [-0.39, 0.29) is 0 Å². The summed E-state index contributed by atoms with van der Waals surface area (Å²) in [5, 5.41) is 6.61. The molecule has 1 aromatic rings. The second kappa shape index (κ2) is 8.08. The molecule has 1 heterocycles. The Balaban J connectivity index is 2.40. The van der Waals surface area contributed by atoms with Crippen molar-refractivity contribution >= 4 is 17.3 Å². The highest BCUT2D eigenvalue weighted by Gasteiger charge is 2.07. The normalized spacial score (nSPS) is 11.7. The molecule has 0 unspecified atom stereocenters. The minimum Gasteiger partial charge on any atom is -0.356 e. The van der Waals surface area contributed by atoms with Crippen LogP contribution in [0.15, 0.2) is 10.4 Å². The molecule has 0 bridgehead atoms. The summed E-state index contributed by atoms with van der Waals surface area (Å²) in [6, 6.07) is 0. The zero-order valence-corrected chi connectivity index (χ0v) is 12.7. The number of hydrogen-bond acceptors (Lipinski definition) is 3. The van der Waals surface area contributed by atoms with Crippen molar-refractivity contribution in [3.05, 3.63) is 16.1 Å². The summed E-state index contributed by atoms with van der Waals surface area (Å²) in [6.45, 7) is 6.04. The third-order valence-corrected chi connectivity index (χ3v) is 3.52. The zero-order chi connectivity index (χ0) is 13.4. The number of rotatable bonds is 6. The second-order valence-electron chi connectivity index (χ2n) is 4.40. The van der Waals surface area contributed by atoms with Gasteiger partial charge in [0.05, 0.1) is 17.2 Å². The van der Waals surface area contributed by atoms with Crippen molar-refractivity contribution in [3.63, 3.8) is 0 Å². The maximum atomic E-state index is 4.47. The summed E-state index contributed by atoms with van der Waals surface area (Å²) in [6.07, 6.45) is 3.70. The van der Waals surface area contributed by atoms with E-state index in [2.05, 4.69) is 32.5 Å². The van der Waals surface area contributed by atoms with Crippen LogP contribution in [0.25, 0.3) is 0 Å². The first-order chi connectivity index (χ1) is 8.67. The molecular weight excluding hydrogens is 244 g/mol. The molecule has 0 aliphatic heterocycles. The van der Waals surface area contributed by atoms with E-state index >= 15 is 0 Å². The molecule has 0 aromatic carbocycles. The van der Waals surface area contributed by atoms with Crippen molar-refractivity contribution in [1.29, 1.82) is 0 Å². The van der Waals surface area contributed by atoms with Crippen LogP contribution in [0, 0.1) is 6.92 Å². The Bertz CT molecular complexity index is 373. The van der Waals surface area contributed by atoms with E-state index in [1.165, 1.54) is 19.3 Å². The van der Waals surface area contributed by atoms with Crippen LogP contribution < -0.4 is 5.32 Å². The van der Waals surface area contributed by atoms with Gasteiger partial charge in [0.25, 0.3) is 0 Å². The molecule has 1 rings (SSSR count). The van der Waals surface area contributed by atoms with Crippen molar-refractivity contribution < 1.29 is 0 Å². The number of hydrogen-bond donors (Lipinski definition) is 1. The fraction of sp³-hybridized carbons (Fsp3) is 0.692. The molecule has 0 fully saturated rings. The third kappa shape index (κ3) is 5.04. The van der Waals surface area contributed by atoms with Crippen molar-refractivity contribution in [2.24, 2.45) is 4.99 Å². The highest BCUT2D eigenvalue weighted by atomic mass is 32.1. The van der Waals surface area contributed by atoms with Gasteiger partial charge >= 0.3 is 0 Å². The molecule has 0 aliphatic rings. The van der Waals surface area contributed by atoms with Crippen molar-refractivity contribution in [2.45, 2.75) is 39.7 Å². The lowest BCUT2D eigenvalue weighted by atomic mass is 10.2.